The Kier molecular flexibility index (Phi) is 9.71. The van der Waals surface area contributed by atoms with E-state index in [4.69, 9.17) is 19.0 Å². The molecular formula is C31H39N2O3P. The van der Waals surface area contributed by atoms with Gasteiger partial charge in [0.25, 0.3) is 8.53 Å². The summed E-state index contributed by atoms with van der Waals surface area (Å²) in [4.78, 5) is 0. The van der Waals surface area contributed by atoms with Gasteiger partial charge in [-0.05, 0) is 78.4 Å². The van der Waals surface area contributed by atoms with Gasteiger partial charge in [0.05, 0.1) is 31.8 Å². The van der Waals surface area contributed by atoms with E-state index in [2.05, 4.69) is 100.0 Å². The Bertz CT molecular complexity index is 1310. The summed E-state index contributed by atoms with van der Waals surface area (Å²) in [7, 11) is -1.25. The van der Waals surface area contributed by atoms with Crippen molar-refractivity contribution in [1.29, 1.82) is 5.26 Å². The van der Waals surface area contributed by atoms with Gasteiger partial charge >= 0.3 is 0 Å². The van der Waals surface area contributed by atoms with Crippen LogP contribution in [-0.2, 0) is 20.4 Å². The second-order valence-electron chi connectivity index (χ2n) is 10.1. The van der Waals surface area contributed by atoms with Gasteiger partial charge in [-0.1, -0.05) is 61.5 Å². The highest BCUT2D eigenvalue weighted by Crippen LogP contribution is 2.47. The van der Waals surface area contributed by atoms with Crippen molar-refractivity contribution in [1.82, 2.24) is 4.67 Å². The monoisotopic (exact) mass is 518 g/mol. The molecule has 0 bridgehead atoms. The highest BCUT2D eigenvalue weighted by molar-refractivity contribution is 7.44. The molecule has 0 aliphatic rings. The largest absolute Gasteiger partial charge is 0.377 e. The molecule has 37 heavy (non-hydrogen) atoms. The minimum absolute atomic E-state index is 0.0366. The average molecular weight is 519 g/mol. The van der Waals surface area contributed by atoms with Crippen LogP contribution in [-0.4, -0.2) is 36.1 Å². The fourth-order valence-electron chi connectivity index (χ4n) is 5.07. The predicted octanol–water partition coefficient (Wildman–Crippen LogP) is 8.56. The molecule has 5 nitrogen and oxygen atoms in total. The zero-order valence-corrected chi connectivity index (χ0v) is 23.6. The van der Waals surface area contributed by atoms with Crippen LogP contribution in [0.1, 0.15) is 59.4 Å². The quantitative estimate of drug-likeness (QED) is 0.0951. The zero-order chi connectivity index (χ0) is 26.4. The Morgan fingerprint density at radius 2 is 1.51 bits per heavy atom. The maximum atomic E-state index is 8.95. The molecule has 0 aromatic heterocycles. The van der Waals surface area contributed by atoms with E-state index >= 15 is 0 Å². The molecule has 4 rings (SSSR count). The van der Waals surface area contributed by atoms with Crippen molar-refractivity contribution in [2.45, 2.75) is 78.7 Å². The topological polar surface area (TPSA) is 54.7 Å². The number of ether oxygens (including phenoxy) is 1. The van der Waals surface area contributed by atoms with Crippen LogP contribution in [0.4, 0.5) is 0 Å². The van der Waals surface area contributed by atoms with E-state index in [1.165, 1.54) is 37.9 Å². The molecule has 0 fully saturated rings. The van der Waals surface area contributed by atoms with Crippen molar-refractivity contribution in [2.24, 2.45) is 0 Å². The third-order valence-corrected chi connectivity index (χ3v) is 9.00. The van der Waals surface area contributed by atoms with Crippen LogP contribution in [0, 0.1) is 11.3 Å². The molecule has 0 aliphatic heterocycles. The normalized spacial score (nSPS) is 13.9. The Morgan fingerprint density at radius 1 is 0.865 bits per heavy atom. The first-order valence-electron chi connectivity index (χ1n) is 13.4. The molecule has 0 saturated heterocycles. The van der Waals surface area contributed by atoms with Gasteiger partial charge in [0, 0.05) is 18.7 Å². The number of nitrogens with zero attached hydrogens (tertiary/aromatic N) is 2. The molecular weight excluding hydrogens is 479 g/mol. The average Bonchev–Trinajstić information content (AvgIpc) is 2.89. The van der Waals surface area contributed by atoms with Gasteiger partial charge < -0.3 is 13.8 Å². The highest BCUT2D eigenvalue weighted by Gasteiger charge is 2.29. The smallest absolute Gasteiger partial charge is 0.259 e. The van der Waals surface area contributed by atoms with E-state index in [1.54, 1.807) is 0 Å². The second-order valence-corrected chi connectivity index (χ2v) is 11.5. The van der Waals surface area contributed by atoms with Crippen molar-refractivity contribution >= 4 is 40.8 Å². The molecule has 0 radical (unpaired) electrons. The summed E-state index contributed by atoms with van der Waals surface area (Å²) in [5, 5.41) is 16.7. The van der Waals surface area contributed by atoms with Crippen LogP contribution in [0.15, 0.2) is 54.6 Å². The van der Waals surface area contributed by atoms with Crippen molar-refractivity contribution < 1.29 is 13.8 Å². The number of hydrogen-bond donors (Lipinski definition) is 0. The molecule has 0 saturated carbocycles. The van der Waals surface area contributed by atoms with E-state index in [9.17, 15) is 0 Å². The van der Waals surface area contributed by atoms with Gasteiger partial charge in [-0.2, -0.15) is 5.26 Å². The first-order chi connectivity index (χ1) is 17.9. The minimum Gasteiger partial charge on any atom is -0.377 e. The zero-order valence-electron chi connectivity index (χ0n) is 22.7. The Labute approximate surface area is 222 Å². The van der Waals surface area contributed by atoms with Crippen molar-refractivity contribution in [2.75, 3.05) is 13.2 Å². The van der Waals surface area contributed by atoms with Crippen molar-refractivity contribution in [3.05, 3.63) is 60.2 Å². The van der Waals surface area contributed by atoms with Crippen molar-refractivity contribution in [3.8, 4) is 6.07 Å². The predicted molar refractivity (Wildman–Crippen MR) is 155 cm³/mol. The summed E-state index contributed by atoms with van der Waals surface area (Å²) in [6, 6.07) is 22.5. The molecule has 4 aromatic rings. The Morgan fingerprint density at radius 3 is 2.16 bits per heavy atom. The lowest BCUT2D eigenvalue weighted by atomic mass is 9.92. The van der Waals surface area contributed by atoms with Crippen LogP contribution >= 0.6 is 8.53 Å². The maximum Gasteiger partial charge on any atom is 0.259 e. The van der Waals surface area contributed by atoms with Crippen molar-refractivity contribution in [3.63, 3.8) is 0 Å². The van der Waals surface area contributed by atoms with Crippen LogP contribution in [0.2, 0.25) is 0 Å². The SMILES string of the molecule is CC[C@H](CCOCc1ccc2ccc3cccc4ccc1c2c34)OP(OCCC#N)N(C(C)C)C(C)C. The highest BCUT2D eigenvalue weighted by atomic mass is 31.2. The Balaban J connectivity index is 1.41. The van der Waals surface area contributed by atoms with Gasteiger partial charge in [-0.25, -0.2) is 4.67 Å². The number of hydrogen-bond acceptors (Lipinski definition) is 5. The lowest BCUT2D eigenvalue weighted by Gasteiger charge is -2.37. The van der Waals surface area contributed by atoms with Crippen LogP contribution in [0.3, 0.4) is 0 Å². The van der Waals surface area contributed by atoms with E-state index < -0.39 is 8.53 Å². The van der Waals surface area contributed by atoms with E-state index in [0.29, 0.717) is 26.2 Å². The lowest BCUT2D eigenvalue weighted by molar-refractivity contribution is 0.0699. The van der Waals surface area contributed by atoms with E-state index in [1.807, 2.05) is 0 Å². The van der Waals surface area contributed by atoms with E-state index in [0.717, 1.165) is 12.8 Å². The maximum absolute atomic E-state index is 8.95. The molecule has 0 spiro atoms. The summed E-state index contributed by atoms with van der Waals surface area (Å²) in [6.45, 7) is 12.4. The lowest BCUT2D eigenvalue weighted by Crippen LogP contribution is -2.34. The molecule has 4 aromatic carbocycles. The van der Waals surface area contributed by atoms with Crippen LogP contribution in [0.5, 0.6) is 0 Å². The molecule has 0 heterocycles. The molecule has 1 unspecified atom stereocenters. The molecule has 0 N–H and O–H groups in total. The van der Waals surface area contributed by atoms with Gasteiger partial charge in [0.1, 0.15) is 0 Å². The summed E-state index contributed by atoms with van der Waals surface area (Å²) in [5.41, 5.74) is 1.22. The summed E-state index contributed by atoms with van der Waals surface area (Å²) >= 11 is 0. The van der Waals surface area contributed by atoms with Gasteiger partial charge in [-0.15, -0.1) is 0 Å². The number of benzene rings is 4. The third kappa shape index (κ3) is 6.40. The van der Waals surface area contributed by atoms with Crippen LogP contribution < -0.4 is 0 Å². The van der Waals surface area contributed by atoms with E-state index in [-0.39, 0.29) is 18.2 Å². The van der Waals surface area contributed by atoms with Gasteiger partial charge in [0.15, 0.2) is 0 Å². The fourth-order valence-corrected chi connectivity index (χ4v) is 6.89. The molecule has 0 amide bonds. The minimum atomic E-state index is -1.25. The summed E-state index contributed by atoms with van der Waals surface area (Å²) in [6.07, 6.45) is 2.08. The molecule has 2 atom stereocenters. The Hall–Kier alpha value is -2.32. The first kappa shape index (κ1) is 27.7. The molecule has 6 heteroatoms. The third-order valence-electron chi connectivity index (χ3n) is 6.82. The second kappa shape index (κ2) is 13.0. The summed E-state index contributed by atoms with van der Waals surface area (Å²) in [5.74, 6) is 0. The number of rotatable bonds is 14. The summed E-state index contributed by atoms with van der Waals surface area (Å²) < 4.78 is 21.1. The molecule has 196 valence electrons. The standard InChI is InChI=1S/C31H39N2O3P/c1-6-28(36-37(35-19-8-18-32)33(22(2)3)23(4)5)17-20-34-21-27-14-13-26-12-11-24-9-7-10-25-15-16-29(27)31(26)30(24)25/h7,9-16,22-23,28H,6,8,17,19-21H2,1-5H3/t28-,37?/m1/s1. The fraction of sp³-hybridized carbons (Fsp3) is 0.452. The van der Waals surface area contributed by atoms with Gasteiger partial charge in [0.2, 0.25) is 0 Å². The number of nitriles is 1. The van der Waals surface area contributed by atoms with Crippen LogP contribution in [0.25, 0.3) is 32.3 Å². The van der Waals surface area contributed by atoms with Gasteiger partial charge in [-0.3, -0.25) is 0 Å². The first-order valence-corrected chi connectivity index (χ1v) is 14.6. The molecule has 0 aliphatic carbocycles.